The van der Waals surface area contributed by atoms with Crippen LogP contribution in [-0.2, 0) is 20.7 Å². The average molecular weight is 356 g/mol. The number of Topliss-reactive ketones (excluding diaryl/α,β-unsaturated/α-hetero) is 1. The van der Waals surface area contributed by atoms with Crippen molar-refractivity contribution in [3.8, 4) is 0 Å². The third-order valence-corrected chi connectivity index (χ3v) is 3.86. The van der Waals surface area contributed by atoms with Crippen molar-refractivity contribution >= 4 is 39.3 Å². The fourth-order valence-corrected chi connectivity index (χ4v) is 2.87. The molecule has 0 radical (unpaired) electrons. The minimum atomic E-state index is -1.13. The van der Waals surface area contributed by atoms with E-state index in [1.165, 1.54) is 6.92 Å². The highest BCUT2D eigenvalue weighted by Gasteiger charge is 2.25. The second kappa shape index (κ2) is 6.36. The van der Waals surface area contributed by atoms with Crippen molar-refractivity contribution in [3.05, 3.63) is 27.7 Å². The van der Waals surface area contributed by atoms with Crippen LogP contribution in [0.15, 0.2) is 16.6 Å². The number of carbonyl (C=O) groups is 3. The van der Waals surface area contributed by atoms with Gasteiger partial charge in [-0.3, -0.25) is 9.59 Å². The number of amides is 1. The molecule has 6 nitrogen and oxygen atoms in total. The Bertz CT molecular complexity index is 614. The molecule has 1 aromatic rings. The molecular formula is C14H14BrNO5. The molecule has 0 fully saturated rings. The number of ketones is 1. The lowest BCUT2D eigenvalue weighted by Gasteiger charge is -2.16. The highest BCUT2D eigenvalue weighted by atomic mass is 79.9. The predicted molar refractivity (Wildman–Crippen MR) is 78.7 cm³/mol. The number of halogens is 1. The smallest absolute Gasteiger partial charge is 0.329 e. The molecule has 1 aromatic carbocycles. The Morgan fingerprint density at radius 3 is 2.67 bits per heavy atom. The molecule has 0 bridgehead atoms. The van der Waals surface area contributed by atoms with Gasteiger partial charge in [-0.1, -0.05) is 15.9 Å². The topological polar surface area (TPSA) is 83.9 Å². The van der Waals surface area contributed by atoms with E-state index in [0.29, 0.717) is 16.6 Å². The van der Waals surface area contributed by atoms with Gasteiger partial charge in [0.25, 0.3) is 0 Å². The number of rotatable bonds is 5. The van der Waals surface area contributed by atoms with Crippen LogP contribution in [-0.4, -0.2) is 42.5 Å². The van der Waals surface area contributed by atoms with Gasteiger partial charge in [-0.05, 0) is 24.1 Å². The number of carboxylic acid groups (broad SMARTS) is 1. The lowest BCUT2D eigenvalue weighted by Crippen LogP contribution is -2.26. The molecule has 21 heavy (non-hydrogen) atoms. The van der Waals surface area contributed by atoms with E-state index >= 15 is 0 Å². The van der Waals surface area contributed by atoms with Gasteiger partial charge in [0.15, 0.2) is 5.78 Å². The molecule has 1 aliphatic heterocycles. The third-order valence-electron chi connectivity index (χ3n) is 3.20. The van der Waals surface area contributed by atoms with Crippen molar-refractivity contribution < 1.29 is 24.2 Å². The molecule has 0 atom stereocenters. The maximum absolute atomic E-state index is 12.1. The van der Waals surface area contributed by atoms with Crippen LogP contribution in [0.5, 0.6) is 0 Å². The first-order valence-electron chi connectivity index (χ1n) is 6.33. The van der Waals surface area contributed by atoms with Crippen LogP contribution in [0.1, 0.15) is 22.8 Å². The van der Waals surface area contributed by atoms with Crippen LogP contribution in [0, 0.1) is 0 Å². The lowest BCUT2D eigenvalue weighted by atomic mass is 10.1. The molecule has 1 heterocycles. The first-order valence-corrected chi connectivity index (χ1v) is 7.12. The Morgan fingerprint density at radius 2 is 2.05 bits per heavy atom. The normalized spacial score (nSPS) is 13.1. The highest BCUT2D eigenvalue weighted by molar-refractivity contribution is 9.10. The fourth-order valence-electron chi connectivity index (χ4n) is 2.26. The number of hydrogen-bond acceptors (Lipinski definition) is 4. The van der Waals surface area contributed by atoms with Crippen molar-refractivity contribution in [2.24, 2.45) is 0 Å². The van der Waals surface area contributed by atoms with Crippen LogP contribution in [0.25, 0.3) is 0 Å². The number of carboxylic acids is 1. The summed E-state index contributed by atoms with van der Waals surface area (Å²) in [5.74, 6) is -1.53. The fraction of sp³-hybridized carbons (Fsp3) is 0.357. The summed E-state index contributed by atoms with van der Waals surface area (Å²) in [5.41, 5.74) is 2.11. The maximum Gasteiger partial charge on any atom is 0.329 e. The number of hydrogen-bond donors (Lipinski definition) is 1. The van der Waals surface area contributed by atoms with Crippen LogP contribution in [0.3, 0.4) is 0 Å². The summed E-state index contributed by atoms with van der Waals surface area (Å²) in [4.78, 5) is 35.6. The lowest BCUT2D eigenvalue weighted by molar-refractivity contribution is -0.141. The van der Waals surface area contributed by atoms with Gasteiger partial charge in [-0.2, -0.15) is 0 Å². The summed E-state index contributed by atoms with van der Waals surface area (Å²) < 4.78 is 5.43. The summed E-state index contributed by atoms with van der Waals surface area (Å²) in [6.07, 6.45) is 0.748. The standard InChI is InChI=1S/C14H14BrNO5/c1-8(17)16-3-2-9-4-11(15)10(5-12(9)16)13(18)6-21-7-14(19)20/h4-5H,2-3,6-7H2,1H3,(H,19,20). The Morgan fingerprint density at radius 1 is 1.33 bits per heavy atom. The molecular weight excluding hydrogens is 342 g/mol. The number of fused-ring (bicyclic) bond motifs is 1. The zero-order valence-corrected chi connectivity index (χ0v) is 13.0. The van der Waals surface area contributed by atoms with Gasteiger partial charge < -0.3 is 14.7 Å². The van der Waals surface area contributed by atoms with Crippen LogP contribution < -0.4 is 4.90 Å². The van der Waals surface area contributed by atoms with Gasteiger partial charge in [-0.15, -0.1) is 0 Å². The molecule has 112 valence electrons. The molecule has 0 unspecified atom stereocenters. The number of anilines is 1. The van der Waals surface area contributed by atoms with Gasteiger partial charge in [0.2, 0.25) is 5.91 Å². The number of ether oxygens (including phenoxy) is 1. The van der Waals surface area contributed by atoms with E-state index in [0.717, 1.165) is 17.7 Å². The zero-order chi connectivity index (χ0) is 15.6. The largest absolute Gasteiger partial charge is 0.480 e. The minimum Gasteiger partial charge on any atom is -0.480 e. The quantitative estimate of drug-likeness (QED) is 0.811. The highest BCUT2D eigenvalue weighted by Crippen LogP contribution is 2.33. The molecule has 2 rings (SSSR count). The Balaban J connectivity index is 2.21. The van der Waals surface area contributed by atoms with Crippen molar-refractivity contribution in [3.63, 3.8) is 0 Å². The van der Waals surface area contributed by atoms with Gasteiger partial charge in [-0.25, -0.2) is 4.79 Å². The van der Waals surface area contributed by atoms with E-state index in [9.17, 15) is 14.4 Å². The van der Waals surface area contributed by atoms with E-state index in [1.54, 1.807) is 11.0 Å². The molecule has 0 aliphatic carbocycles. The minimum absolute atomic E-state index is 0.0726. The van der Waals surface area contributed by atoms with Crippen LogP contribution in [0.4, 0.5) is 5.69 Å². The molecule has 7 heteroatoms. The molecule has 0 spiro atoms. The number of aliphatic carboxylic acids is 1. The summed E-state index contributed by atoms with van der Waals surface area (Å²) in [7, 11) is 0. The Kier molecular flexibility index (Phi) is 4.74. The third kappa shape index (κ3) is 3.48. The van der Waals surface area contributed by atoms with Crippen molar-refractivity contribution in [2.75, 3.05) is 24.7 Å². The van der Waals surface area contributed by atoms with Crippen molar-refractivity contribution in [1.82, 2.24) is 0 Å². The van der Waals surface area contributed by atoms with E-state index < -0.39 is 12.6 Å². The van der Waals surface area contributed by atoms with Crippen LogP contribution in [0.2, 0.25) is 0 Å². The number of nitrogens with zero attached hydrogens (tertiary/aromatic N) is 1. The van der Waals surface area contributed by atoms with Crippen LogP contribution >= 0.6 is 15.9 Å². The summed E-state index contributed by atoms with van der Waals surface area (Å²) in [5, 5.41) is 8.48. The predicted octanol–water partition coefficient (Wildman–Crippen LogP) is 1.64. The van der Waals surface area contributed by atoms with E-state index in [-0.39, 0.29) is 18.3 Å². The van der Waals surface area contributed by atoms with Crippen molar-refractivity contribution in [2.45, 2.75) is 13.3 Å². The number of carbonyl (C=O) groups excluding carboxylic acids is 2. The maximum atomic E-state index is 12.1. The molecule has 1 aliphatic rings. The summed E-state index contributed by atoms with van der Waals surface area (Å²) >= 11 is 3.33. The molecule has 1 N–H and O–H groups in total. The monoisotopic (exact) mass is 355 g/mol. The average Bonchev–Trinajstić information content (AvgIpc) is 2.79. The van der Waals surface area contributed by atoms with E-state index in [2.05, 4.69) is 15.9 Å². The Labute approximate surface area is 129 Å². The molecule has 0 saturated carbocycles. The van der Waals surface area contributed by atoms with Gasteiger partial charge in [0.05, 0.1) is 0 Å². The first kappa shape index (κ1) is 15.7. The van der Waals surface area contributed by atoms with Gasteiger partial charge >= 0.3 is 5.97 Å². The first-order chi connectivity index (χ1) is 9.90. The Hall–Kier alpha value is -1.73. The van der Waals surface area contributed by atoms with Crippen molar-refractivity contribution in [1.29, 1.82) is 0 Å². The SMILES string of the molecule is CC(=O)N1CCc2cc(Br)c(C(=O)COCC(=O)O)cc21. The zero-order valence-electron chi connectivity index (χ0n) is 11.4. The second-order valence-corrected chi connectivity index (χ2v) is 5.55. The molecule has 0 aromatic heterocycles. The molecule has 1 amide bonds. The van der Waals surface area contributed by atoms with E-state index in [1.807, 2.05) is 6.07 Å². The van der Waals surface area contributed by atoms with Gasteiger partial charge in [0.1, 0.15) is 13.2 Å². The second-order valence-electron chi connectivity index (χ2n) is 4.69. The summed E-state index contributed by atoms with van der Waals surface area (Å²) in [6, 6.07) is 3.48. The molecule has 0 saturated heterocycles. The van der Waals surface area contributed by atoms with E-state index in [4.69, 9.17) is 9.84 Å². The number of benzene rings is 1. The summed E-state index contributed by atoms with van der Waals surface area (Å²) in [6.45, 7) is 1.25. The van der Waals surface area contributed by atoms with Gasteiger partial charge in [0, 0.05) is 29.2 Å².